The second-order valence-corrected chi connectivity index (χ2v) is 5.53. The largest absolute Gasteiger partial charge is 0.507 e. The standard InChI is InChI=1S/C16H15BrN2O2/c1-11-7-14(17)9-13(16(11)21)10-18-19-15(20)8-12-5-3-2-4-6-12/h2-7,9-10,21H,8H2,1H3,(H,19,20)/b18-10+. The molecule has 2 rings (SSSR count). The van der Waals surface area contributed by atoms with Crippen LogP contribution in [0.3, 0.4) is 0 Å². The number of nitrogens with one attached hydrogen (secondary N) is 1. The number of phenolic OH excluding ortho intramolecular Hbond substituents is 1. The fourth-order valence-corrected chi connectivity index (χ4v) is 2.44. The van der Waals surface area contributed by atoms with Crippen LogP contribution in [-0.4, -0.2) is 17.2 Å². The Bertz CT molecular complexity index is 669. The fraction of sp³-hybridized carbons (Fsp3) is 0.125. The van der Waals surface area contributed by atoms with E-state index in [1.807, 2.05) is 30.3 Å². The first kappa shape index (κ1) is 15.3. The molecule has 2 aromatic carbocycles. The molecule has 0 unspecified atom stereocenters. The lowest BCUT2D eigenvalue weighted by atomic mass is 10.1. The summed E-state index contributed by atoms with van der Waals surface area (Å²) in [6.07, 6.45) is 1.69. The third-order valence-corrected chi connectivity index (χ3v) is 3.35. The Hall–Kier alpha value is -2.14. The molecule has 0 atom stereocenters. The van der Waals surface area contributed by atoms with E-state index in [0.29, 0.717) is 5.56 Å². The van der Waals surface area contributed by atoms with Crippen LogP contribution in [-0.2, 0) is 11.2 Å². The molecule has 4 nitrogen and oxygen atoms in total. The number of hydrogen-bond donors (Lipinski definition) is 2. The van der Waals surface area contributed by atoms with Crippen molar-refractivity contribution in [1.29, 1.82) is 0 Å². The first-order chi connectivity index (χ1) is 10.1. The lowest BCUT2D eigenvalue weighted by Gasteiger charge is -2.04. The van der Waals surface area contributed by atoms with Crippen molar-refractivity contribution in [2.24, 2.45) is 5.10 Å². The summed E-state index contributed by atoms with van der Waals surface area (Å²) in [4.78, 5) is 11.7. The van der Waals surface area contributed by atoms with E-state index in [4.69, 9.17) is 0 Å². The predicted molar refractivity (Wildman–Crippen MR) is 86.4 cm³/mol. The van der Waals surface area contributed by atoms with Crippen LogP contribution in [0, 0.1) is 6.92 Å². The number of halogens is 1. The normalized spacial score (nSPS) is 10.8. The van der Waals surface area contributed by atoms with Gasteiger partial charge in [0.25, 0.3) is 0 Å². The van der Waals surface area contributed by atoms with Crippen molar-refractivity contribution >= 4 is 28.1 Å². The number of carbonyl (C=O) groups excluding carboxylic acids is 1. The Morgan fingerprint density at radius 1 is 1.33 bits per heavy atom. The molecule has 108 valence electrons. The highest BCUT2D eigenvalue weighted by molar-refractivity contribution is 9.10. The van der Waals surface area contributed by atoms with Gasteiger partial charge in [0.2, 0.25) is 5.91 Å². The van der Waals surface area contributed by atoms with E-state index in [0.717, 1.165) is 15.6 Å². The van der Waals surface area contributed by atoms with Gasteiger partial charge in [-0.05, 0) is 30.2 Å². The molecule has 0 radical (unpaired) electrons. The van der Waals surface area contributed by atoms with Crippen LogP contribution in [0.2, 0.25) is 0 Å². The van der Waals surface area contributed by atoms with Crippen LogP contribution in [0.15, 0.2) is 52.0 Å². The van der Waals surface area contributed by atoms with Gasteiger partial charge in [0.1, 0.15) is 5.75 Å². The minimum Gasteiger partial charge on any atom is -0.507 e. The summed E-state index contributed by atoms with van der Waals surface area (Å²) in [5.74, 6) is -0.0529. The van der Waals surface area contributed by atoms with Crippen LogP contribution in [0.5, 0.6) is 5.75 Å². The van der Waals surface area contributed by atoms with Crippen LogP contribution < -0.4 is 5.43 Å². The Labute approximate surface area is 131 Å². The van der Waals surface area contributed by atoms with E-state index in [1.54, 1.807) is 19.1 Å². The summed E-state index contributed by atoms with van der Waals surface area (Å²) >= 11 is 3.35. The average Bonchev–Trinajstić information content (AvgIpc) is 2.45. The Morgan fingerprint density at radius 2 is 2.05 bits per heavy atom. The fourth-order valence-electron chi connectivity index (χ4n) is 1.85. The van der Waals surface area contributed by atoms with Gasteiger partial charge in [0, 0.05) is 10.0 Å². The zero-order valence-corrected chi connectivity index (χ0v) is 13.1. The smallest absolute Gasteiger partial charge is 0.244 e. The molecule has 0 spiro atoms. The molecule has 0 fully saturated rings. The first-order valence-corrected chi connectivity index (χ1v) is 7.20. The summed E-state index contributed by atoms with van der Waals surface area (Å²) in [7, 11) is 0. The molecule has 0 aliphatic carbocycles. The van der Waals surface area contributed by atoms with Crippen LogP contribution >= 0.6 is 15.9 Å². The number of aromatic hydroxyl groups is 1. The molecule has 0 aliphatic rings. The van der Waals surface area contributed by atoms with Gasteiger partial charge in [-0.25, -0.2) is 5.43 Å². The maximum absolute atomic E-state index is 11.7. The quantitative estimate of drug-likeness (QED) is 0.659. The molecule has 0 bridgehead atoms. The van der Waals surface area contributed by atoms with E-state index in [2.05, 4.69) is 26.5 Å². The lowest BCUT2D eigenvalue weighted by Crippen LogP contribution is -2.19. The predicted octanol–water partition coefficient (Wildman–Crippen LogP) is 3.16. The molecule has 2 N–H and O–H groups in total. The van der Waals surface area contributed by atoms with Gasteiger partial charge in [-0.15, -0.1) is 0 Å². The van der Waals surface area contributed by atoms with Crippen molar-refractivity contribution in [1.82, 2.24) is 5.43 Å². The summed E-state index contributed by atoms with van der Waals surface area (Å²) < 4.78 is 0.842. The number of nitrogens with zero attached hydrogens (tertiary/aromatic N) is 1. The number of amides is 1. The second kappa shape index (κ2) is 7.04. The van der Waals surface area contributed by atoms with Gasteiger partial charge in [0.05, 0.1) is 12.6 Å². The monoisotopic (exact) mass is 346 g/mol. The highest BCUT2D eigenvalue weighted by Gasteiger charge is 2.05. The van der Waals surface area contributed by atoms with E-state index < -0.39 is 0 Å². The van der Waals surface area contributed by atoms with Crippen LogP contribution in [0.4, 0.5) is 0 Å². The maximum atomic E-state index is 11.7. The molecule has 0 saturated heterocycles. The molecular formula is C16H15BrN2O2. The molecule has 0 heterocycles. The summed E-state index contributed by atoms with van der Waals surface area (Å²) in [6.45, 7) is 1.80. The Kier molecular flexibility index (Phi) is 5.11. The van der Waals surface area contributed by atoms with Gasteiger partial charge < -0.3 is 5.11 Å². The summed E-state index contributed by atoms with van der Waals surface area (Å²) in [5, 5.41) is 13.8. The minimum atomic E-state index is -0.205. The van der Waals surface area contributed by atoms with Gasteiger partial charge >= 0.3 is 0 Å². The second-order valence-electron chi connectivity index (χ2n) is 4.62. The van der Waals surface area contributed by atoms with Gasteiger partial charge in [-0.1, -0.05) is 46.3 Å². The zero-order chi connectivity index (χ0) is 15.2. The molecule has 1 amide bonds. The minimum absolute atomic E-state index is 0.152. The average molecular weight is 347 g/mol. The van der Waals surface area contributed by atoms with E-state index >= 15 is 0 Å². The number of hydrazone groups is 1. The highest BCUT2D eigenvalue weighted by atomic mass is 79.9. The number of carbonyl (C=O) groups is 1. The third-order valence-electron chi connectivity index (χ3n) is 2.90. The van der Waals surface area contributed by atoms with E-state index in [1.165, 1.54) is 6.21 Å². The topological polar surface area (TPSA) is 61.7 Å². The number of phenols is 1. The van der Waals surface area contributed by atoms with Crippen molar-refractivity contribution < 1.29 is 9.90 Å². The van der Waals surface area contributed by atoms with Crippen molar-refractivity contribution in [3.63, 3.8) is 0 Å². The Balaban J connectivity index is 1.98. The molecule has 0 aliphatic heterocycles. The van der Waals surface area contributed by atoms with Gasteiger partial charge in [-0.2, -0.15) is 5.10 Å². The first-order valence-electron chi connectivity index (χ1n) is 6.41. The molecule has 5 heteroatoms. The van der Waals surface area contributed by atoms with E-state index in [9.17, 15) is 9.90 Å². The number of aryl methyl sites for hydroxylation is 1. The molecule has 0 saturated carbocycles. The number of rotatable bonds is 4. The van der Waals surface area contributed by atoms with Crippen LogP contribution in [0.25, 0.3) is 0 Å². The SMILES string of the molecule is Cc1cc(Br)cc(/C=N/NC(=O)Cc2ccccc2)c1O. The number of hydrogen-bond acceptors (Lipinski definition) is 3. The molecule has 2 aromatic rings. The summed E-state index contributed by atoms with van der Waals surface area (Å²) in [5.41, 5.74) is 4.65. The van der Waals surface area contributed by atoms with Crippen molar-refractivity contribution in [2.75, 3.05) is 0 Å². The molecular weight excluding hydrogens is 332 g/mol. The lowest BCUT2D eigenvalue weighted by molar-refractivity contribution is -0.120. The third kappa shape index (κ3) is 4.43. The zero-order valence-electron chi connectivity index (χ0n) is 11.5. The number of benzene rings is 2. The van der Waals surface area contributed by atoms with Crippen LogP contribution in [0.1, 0.15) is 16.7 Å². The van der Waals surface area contributed by atoms with Crippen molar-refractivity contribution in [2.45, 2.75) is 13.3 Å². The summed E-state index contributed by atoms with van der Waals surface area (Å²) in [6, 6.07) is 13.0. The van der Waals surface area contributed by atoms with Crippen molar-refractivity contribution in [3.05, 3.63) is 63.6 Å². The maximum Gasteiger partial charge on any atom is 0.244 e. The van der Waals surface area contributed by atoms with Gasteiger partial charge in [0.15, 0.2) is 0 Å². The molecule has 0 aromatic heterocycles. The molecule has 21 heavy (non-hydrogen) atoms. The highest BCUT2D eigenvalue weighted by Crippen LogP contribution is 2.25. The van der Waals surface area contributed by atoms with Gasteiger partial charge in [-0.3, -0.25) is 4.79 Å². The van der Waals surface area contributed by atoms with Crippen molar-refractivity contribution in [3.8, 4) is 5.75 Å². The van der Waals surface area contributed by atoms with E-state index in [-0.39, 0.29) is 18.1 Å². The Morgan fingerprint density at radius 3 is 2.76 bits per heavy atom.